The highest BCUT2D eigenvalue weighted by Crippen LogP contribution is 2.24. The highest BCUT2D eigenvalue weighted by Gasteiger charge is 2.24. The Labute approximate surface area is 112 Å². The molecule has 0 saturated heterocycles. The Morgan fingerprint density at radius 3 is 2.17 bits per heavy atom. The van der Waals surface area contributed by atoms with Crippen LogP contribution in [0.1, 0.15) is 47.5 Å². The van der Waals surface area contributed by atoms with Crippen molar-refractivity contribution in [1.82, 2.24) is 10.6 Å². The minimum Gasteiger partial charge on any atom is -0.396 e. The zero-order valence-electron chi connectivity index (χ0n) is 12.5. The van der Waals surface area contributed by atoms with Gasteiger partial charge in [-0.05, 0) is 25.7 Å². The standard InChI is InChI=1S/C14H30N2O2/c1-6-14(7-2,10-17)9-15-8-13(18)16-12(5)11(3)4/h11-12,15,17H,6-10H2,1-5H3,(H,16,18). The second-order valence-electron chi connectivity index (χ2n) is 5.57. The van der Waals surface area contributed by atoms with Crippen molar-refractivity contribution in [1.29, 1.82) is 0 Å². The predicted octanol–water partition coefficient (Wildman–Crippen LogP) is 1.54. The van der Waals surface area contributed by atoms with E-state index in [0.717, 1.165) is 12.8 Å². The minimum atomic E-state index is -0.0933. The van der Waals surface area contributed by atoms with E-state index in [1.165, 1.54) is 0 Å². The molecule has 108 valence electrons. The first-order chi connectivity index (χ1) is 8.40. The van der Waals surface area contributed by atoms with Crippen LogP contribution >= 0.6 is 0 Å². The SMILES string of the molecule is CCC(CC)(CO)CNCC(=O)NC(C)C(C)C. The van der Waals surface area contributed by atoms with E-state index in [4.69, 9.17) is 0 Å². The van der Waals surface area contributed by atoms with E-state index in [0.29, 0.717) is 19.0 Å². The van der Waals surface area contributed by atoms with Gasteiger partial charge in [-0.3, -0.25) is 4.79 Å². The average Bonchev–Trinajstić information content (AvgIpc) is 2.35. The molecule has 0 bridgehead atoms. The summed E-state index contributed by atoms with van der Waals surface area (Å²) in [4.78, 5) is 11.7. The van der Waals surface area contributed by atoms with E-state index >= 15 is 0 Å². The second kappa shape index (κ2) is 8.48. The molecule has 18 heavy (non-hydrogen) atoms. The molecule has 0 saturated carbocycles. The Morgan fingerprint density at radius 2 is 1.78 bits per heavy atom. The van der Waals surface area contributed by atoms with Crippen molar-refractivity contribution in [3.8, 4) is 0 Å². The quantitative estimate of drug-likeness (QED) is 0.588. The summed E-state index contributed by atoms with van der Waals surface area (Å²) in [5.74, 6) is 0.465. The number of aliphatic hydroxyl groups excluding tert-OH is 1. The first-order valence-electron chi connectivity index (χ1n) is 7.01. The zero-order valence-corrected chi connectivity index (χ0v) is 12.5. The normalized spacial score (nSPS) is 13.7. The highest BCUT2D eigenvalue weighted by atomic mass is 16.3. The largest absolute Gasteiger partial charge is 0.396 e. The smallest absolute Gasteiger partial charge is 0.234 e. The molecule has 0 spiro atoms. The van der Waals surface area contributed by atoms with Crippen molar-refractivity contribution in [2.24, 2.45) is 11.3 Å². The summed E-state index contributed by atoms with van der Waals surface area (Å²) >= 11 is 0. The summed E-state index contributed by atoms with van der Waals surface area (Å²) in [6.45, 7) is 11.5. The van der Waals surface area contributed by atoms with Gasteiger partial charge in [0.05, 0.1) is 6.54 Å². The van der Waals surface area contributed by atoms with Crippen molar-refractivity contribution >= 4 is 5.91 Å². The van der Waals surface area contributed by atoms with E-state index in [1.807, 2.05) is 6.92 Å². The lowest BCUT2D eigenvalue weighted by atomic mass is 9.83. The molecule has 0 aromatic rings. The van der Waals surface area contributed by atoms with Gasteiger partial charge in [0.1, 0.15) is 0 Å². The van der Waals surface area contributed by atoms with Crippen LogP contribution in [0.15, 0.2) is 0 Å². The molecule has 3 N–H and O–H groups in total. The van der Waals surface area contributed by atoms with Crippen LogP contribution in [0.5, 0.6) is 0 Å². The maximum Gasteiger partial charge on any atom is 0.234 e. The Balaban J connectivity index is 4.00. The number of hydrogen-bond acceptors (Lipinski definition) is 3. The molecule has 0 aliphatic heterocycles. The number of carbonyl (C=O) groups excluding carboxylic acids is 1. The van der Waals surface area contributed by atoms with Crippen LogP contribution in [0, 0.1) is 11.3 Å². The molecule has 0 fully saturated rings. The summed E-state index contributed by atoms with van der Waals surface area (Å²) in [5.41, 5.74) is -0.0933. The number of aliphatic hydroxyl groups is 1. The van der Waals surface area contributed by atoms with Crippen LogP contribution in [-0.4, -0.2) is 36.8 Å². The number of hydrogen-bond donors (Lipinski definition) is 3. The molecule has 0 rings (SSSR count). The fourth-order valence-corrected chi connectivity index (χ4v) is 1.69. The summed E-state index contributed by atoms with van der Waals surface area (Å²) < 4.78 is 0. The van der Waals surface area contributed by atoms with Gasteiger partial charge in [0, 0.05) is 24.6 Å². The molecular weight excluding hydrogens is 228 g/mol. The van der Waals surface area contributed by atoms with Gasteiger partial charge in [-0.2, -0.15) is 0 Å². The minimum absolute atomic E-state index is 0.0234. The average molecular weight is 258 g/mol. The van der Waals surface area contributed by atoms with Crippen LogP contribution in [0.4, 0.5) is 0 Å². The van der Waals surface area contributed by atoms with Crippen molar-refractivity contribution < 1.29 is 9.90 Å². The van der Waals surface area contributed by atoms with Crippen LogP contribution in [-0.2, 0) is 4.79 Å². The van der Waals surface area contributed by atoms with Crippen LogP contribution in [0.25, 0.3) is 0 Å². The Hall–Kier alpha value is -0.610. The van der Waals surface area contributed by atoms with Crippen LogP contribution in [0.3, 0.4) is 0 Å². The van der Waals surface area contributed by atoms with E-state index in [2.05, 4.69) is 38.3 Å². The molecule has 1 atom stereocenters. The third kappa shape index (κ3) is 5.83. The lowest BCUT2D eigenvalue weighted by Crippen LogP contribution is -2.44. The van der Waals surface area contributed by atoms with E-state index in [-0.39, 0.29) is 24.0 Å². The van der Waals surface area contributed by atoms with Crippen LogP contribution < -0.4 is 10.6 Å². The van der Waals surface area contributed by atoms with Crippen molar-refractivity contribution in [2.45, 2.75) is 53.5 Å². The molecule has 0 aromatic carbocycles. The molecule has 0 heterocycles. The predicted molar refractivity (Wildman–Crippen MR) is 75.4 cm³/mol. The summed E-state index contributed by atoms with van der Waals surface area (Å²) in [7, 11) is 0. The summed E-state index contributed by atoms with van der Waals surface area (Å²) in [6.07, 6.45) is 1.83. The van der Waals surface area contributed by atoms with E-state index in [9.17, 15) is 9.90 Å². The fraction of sp³-hybridized carbons (Fsp3) is 0.929. The van der Waals surface area contributed by atoms with Crippen molar-refractivity contribution in [3.63, 3.8) is 0 Å². The molecule has 0 aliphatic carbocycles. The van der Waals surface area contributed by atoms with Gasteiger partial charge in [0.15, 0.2) is 0 Å². The number of rotatable bonds is 9. The third-order valence-electron chi connectivity index (χ3n) is 4.01. The maximum absolute atomic E-state index is 11.7. The Bertz CT molecular complexity index is 230. The molecule has 4 heteroatoms. The molecule has 1 unspecified atom stereocenters. The third-order valence-corrected chi connectivity index (χ3v) is 4.01. The van der Waals surface area contributed by atoms with Gasteiger partial charge in [-0.25, -0.2) is 0 Å². The van der Waals surface area contributed by atoms with Gasteiger partial charge in [0.2, 0.25) is 5.91 Å². The summed E-state index contributed by atoms with van der Waals surface area (Å²) in [5, 5.41) is 15.5. The second-order valence-corrected chi connectivity index (χ2v) is 5.57. The molecule has 0 aromatic heterocycles. The molecular formula is C14H30N2O2. The van der Waals surface area contributed by atoms with E-state index < -0.39 is 0 Å². The van der Waals surface area contributed by atoms with Crippen molar-refractivity contribution in [3.05, 3.63) is 0 Å². The number of carbonyl (C=O) groups is 1. The lowest BCUT2D eigenvalue weighted by molar-refractivity contribution is -0.121. The fourth-order valence-electron chi connectivity index (χ4n) is 1.69. The zero-order chi connectivity index (χ0) is 14.2. The van der Waals surface area contributed by atoms with Gasteiger partial charge < -0.3 is 15.7 Å². The molecule has 0 radical (unpaired) electrons. The number of nitrogens with one attached hydrogen (secondary N) is 2. The van der Waals surface area contributed by atoms with Gasteiger partial charge in [0.25, 0.3) is 0 Å². The molecule has 4 nitrogen and oxygen atoms in total. The Morgan fingerprint density at radius 1 is 1.22 bits per heavy atom. The first kappa shape index (κ1) is 17.4. The van der Waals surface area contributed by atoms with Gasteiger partial charge in [-0.15, -0.1) is 0 Å². The van der Waals surface area contributed by atoms with Crippen LogP contribution in [0.2, 0.25) is 0 Å². The van der Waals surface area contributed by atoms with Gasteiger partial charge in [-0.1, -0.05) is 27.7 Å². The maximum atomic E-state index is 11.7. The first-order valence-corrected chi connectivity index (χ1v) is 7.01. The molecule has 1 amide bonds. The molecule has 0 aliphatic rings. The van der Waals surface area contributed by atoms with Gasteiger partial charge >= 0.3 is 0 Å². The lowest BCUT2D eigenvalue weighted by Gasteiger charge is -2.29. The highest BCUT2D eigenvalue weighted by molar-refractivity contribution is 5.78. The topological polar surface area (TPSA) is 61.4 Å². The number of amides is 1. The Kier molecular flexibility index (Phi) is 8.20. The summed E-state index contributed by atoms with van der Waals surface area (Å²) in [6, 6.07) is 0.194. The van der Waals surface area contributed by atoms with E-state index in [1.54, 1.807) is 0 Å². The van der Waals surface area contributed by atoms with Crippen molar-refractivity contribution in [2.75, 3.05) is 19.7 Å². The monoisotopic (exact) mass is 258 g/mol.